The maximum Gasteiger partial charge on any atom is 0.289 e. The number of imidazole rings is 1. The second kappa shape index (κ2) is 6.94. The monoisotopic (exact) mass is 366 g/mol. The van der Waals surface area contributed by atoms with Crippen LogP contribution < -0.4 is 0 Å². The van der Waals surface area contributed by atoms with Crippen molar-refractivity contribution in [2.45, 2.75) is 26.7 Å². The van der Waals surface area contributed by atoms with Gasteiger partial charge in [-0.1, -0.05) is 5.16 Å². The van der Waals surface area contributed by atoms with E-state index >= 15 is 0 Å². The predicted octanol–water partition coefficient (Wildman–Crippen LogP) is 2.19. The zero-order chi connectivity index (χ0) is 19.0. The van der Waals surface area contributed by atoms with Gasteiger partial charge < -0.3 is 14.0 Å². The van der Waals surface area contributed by atoms with E-state index in [9.17, 15) is 4.79 Å². The van der Waals surface area contributed by atoms with Crippen molar-refractivity contribution in [3.63, 3.8) is 0 Å². The fourth-order valence-corrected chi connectivity index (χ4v) is 3.72. The SMILES string of the molecule is Cc1noc(C)c1-c1nccnc1CC1CCN(C(=O)c2nccn2C)C1. The Hall–Kier alpha value is -3.03. The average Bonchev–Trinajstić information content (AvgIpc) is 3.37. The van der Waals surface area contributed by atoms with Gasteiger partial charge in [0.15, 0.2) is 5.82 Å². The Kier molecular flexibility index (Phi) is 4.47. The largest absolute Gasteiger partial charge is 0.361 e. The molecule has 27 heavy (non-hydrogen) atoms. The van der Waals surface area contributed by atoms with Crippen LogP contribution in [0.1, 0.15) is 34.2 Å². The number of aryl methyl sites for hydroxylation is 3. The van der Waals surface area contributed by atoms with Crippen molar-refractivity contribution >= 4 is 5.91 Å². The Morgan fingerprint density at radius 3 is 2.74 bits per heavy atom. The molecule has 0 saturated carbocycles. The van der Waals surface area contributed by atoms with Crippen molar-refractivity contribution in [2.24, 2.45) is 13.0 Å². The molecule has 1 aliphatic heterocycles. The summed E-state index contributed by atoms with van der Waals surface area (Å²) in [5, 5.41) is 4.03. The number of hydrogen-bond donors (Lipinski definition) is 0. The number of rotatable bonds is 4. The van der Waals surface area contributed by atoms with Crippen molar-refractivity contribution in [3.05, 3.63) is 47.8 Å². The molecule has 8 heteroatoms. The van der Waals surface area contributed by atoms with E-state index in [4.69, 9.17) is 4.52 Å². The number of hydrogen-bond acceptors (Lipinski definition) is 6. The van der Waals surface area contributed by atoms with Gasteiger partial charge >= 0.3 is 0 Å². The molecule has 1 saturated heterocycles. The van der Waals surface area contributed by atoms with E-state index < -0.39 is 0 Å². The van der Waals surface area contributed by atoms with Gasteiger partial charge in [0.25, 0.3) is 5.91 Å². The Morgan fingerprint density at radius 2 is 2.04 bits per heavy atom. The molecular weight excluding hydrogens is 344 g/mol. The van der Waals surface area contributed by atoms with Gasteiger partial charge in [-0.15, -0.1) is 0 Å². The predicted molar refractivity (Wildman–Crippen MR) is 97.9 cm³/mol. The van der Waals surface area contributed by atoms with Crippen molar-refractivity contribution in [2.75, 3.05) is 13.1 Å². The van der Waals surface area contributed by atoms with Crippen molar-refractivity contribution < 1.29 is 9.32 Å². The second-order valence-electron chi connectivity index (χ2n) is 7.02. The van der Waals surface area contributed by atoms with E-state index in [2.05, 4.69) is 20.1 Å². The van der Waals surface area contributed by atoms with Gasteiger partial charge in [0.1, 0.15) is 5.76 Å². The van der Waals surface area contributed by atoms with Crippen LogP contribution in [0.5, 0.6) is 0 Å². The summed E-state index contributed by atoms with van der Waals surface area (Å²) in [5.41, 5.74) is 3.47. The summed E-state index contributed by atoms with van der Waals surface area (Å²) in [4.78, 5) is 27.8. The highest BCUT2D eigenvalue weighted by molar-refractivity contribution is 5.91. The third-order valence-corrected chi connectivity index (χ3v) is 5.11. The summed E-state index contributed by atoms with van der Waals surface area (Å²) in [7, 11) is 1.84. The van der Waals surface area contributed by atoms with Gasteiger partial charge in [0.05, 0.1) is 22.6 Å². The third kappa shape index (κ3) is 3.22. The fourth-order valence-electron chi connectivity index (χ4n) is 3.72. The van der Waals surface area contributed by atoms with Crippen molar-refractivity contribution in [3.8, 4) is 11.3 Å². The first-order chi connectivity index (χ1) is 13.0. The normalized spacial score (nSPS) is 16.9. The van der Waals surface area contributed by atoms with Crippen LogP contribution in [0.15, 0.2) is 29.3 Å². The molecule has 1 amide bonds. The van der Waals surface area contributed by atoms with Crippen molar-refractivity contribution in [1.82, 2.24) is 29.6 Å². The maximum absolute atomic E-state index is 12.7. The molecule has 0 spiro atoms. The number of amides is 1. The minimum absolute atomic E-state index is 0.0184. The standard InChI is InChI=1S/C19H22N6O2/c1-12-16(13(2)27-23-12)17-15(20-5-6-21-17)10-14-4-8-25(11-14)19(26)18-22-7-9-24(18)3/h5-7,9,14H,4,8,10-11H2,1-3H3. The van der Waals surface area contributed by atoms with E-state index in [0.717, 1.165) is 47.8 Å². The minimum atomic E-state index is -0.0184. The Morgan fingerprint density at radius 1 is 1.22 bits per heavy atom. The van der Waals surface area contributed by atoms with Crippen LogP contribution in [-0.2, 0) is 13.5 Å². The average molecular weight is 366 g/mol. The number of carbonyl (C=O) groups excluding carboxylic acids is 1. The zero-order valence-electron chi connectivity index (χ0n) is 15.7. The molecular formula is C19H22N6O2. The fraction of sp³-hybridized carbons (Fsp3) is 0.421. The molecule has 1 aliphatic rings. The zero-order valence-corrected chi connectivity index (χ0v) is 15.7. The van der Waals surface area contributed by atoms with Crippen LogP contribution in [0.3, 0.4) is 0 Å². The summed E-state index contributed by atoms with van der Waals surface area (Å²) < 4.78 is 7.05. The van der Waals surface area contributed by atoms with Gasteiger partial charge in [-0.2, -0.15) is 0 Å². The van der Waals surface area contributed by atoms with Gasteiger partial charge in [-0.3, -0.25) is 14.8 Å². The first-order valence-corrected chi connectivity index (χ1v) is 9.04. The molecule has 1 atom stereocenters. The first kappa shape index (κ1) is 17.4. The molecule has 0 bridgehead atoms. The van der Waals surface area contributed by atoms with Gasteiger partial charge in [-0.25, -0.2) is 4.98 Å². The van der Waals surface area contributed by atoms with Crippen LogP contribution in [-0.4, -0.2) is 48.6 Å². The molecule has 4 rings (SSSR count). The second-order valence-corrected chi connectivity index (χ2v) is 7.02. The lowest BCUT2D eigenvalue weighted by molar-refractivity contribution is 0.0771. The molecule has 4 heterocycles. The number of aromatic nitrogens is 5. The number of likely N-dealkylation sites (tertiary alicyclic amines) is 1. The topological polar surface area (TPSA) is 89.9 Å². The summed E-state index contributed by atoms with van der Waals surface area (Å²) >= 11 is 0. The van der Waals surface area contributed by atoms with Gasteiger partial charge in [-0.05, 0) is 32.6 Å². The van der Waals surface area contributed by atoms with Crippen LogP contribution in [0, 0.1) is 19.8 Å². The number of carbonyl (C=O) groups is 1. The van der Waals surface area contributed by atoms with Crippen molar-refractivity contribution in [1.29, 1.82) is 0 Å². The quantitative estimate of drug-likeness (QED) is 0.703. The Balaban J connectivity index is 1.52. The molecule has 1 unspecified atom stereocenters. The highest BCUT2D eigenvalue weighted by atomic mass is 16.5. The molecule has 8 nitrogen and oxygen atoms in total. The molecule has 3 aromatic heterocycles. The van der Waals surface area contributed by atoms with E-state index in [1.807, 2.05) is 25.8 Å². The minimum Gasteiger partial charge on any atom is -0.361 e. The summed E-state index contributed by atoms with van der Waals surface area (Å²) in [6.07, 6.45) is 8.54. The molecule has 140 valence electrons. The van der Waals surface area contributed by atoms with Crippen LogP contribution in [0.4, 0.5) is 0 Å². The molecule has 1 fully saturated rings. The van der Waals surface area contributed by atoms with Crippen LogP contribution >= 0.6 is 0 Å². The molecule has 0 aliphatic carbocycles. The van der Waals surface area contributed by atoms with Crippen LogP contribution in [0.25, 0.3) is 11.3 Å². The number of nitrogens with zero attached hydrogens (tertiary/aromatic N) is 6. The van der Waals surface area contributed by atoms with E-state index in [-0.39, 0.29) is 5.91 Å². The smallest absolute Gasteiger partial charge is 0.289 e. The van der Waals surface area contributed by atoms with Gasteiger partial charge in [0.2, 0.25) is 0 Å². The lowest BCUT2D eigenvalue weighted by Crippen LogP contribution is -2.31. The highest BCUT2D eigenvalue weighted by Crippen LogP contribution is 2.30. The molecule has 0 N–H and O–H groups in total. The molecule has 0 radical (unpaired) electrons. The summed E-state index contributed by atoms with van der Waals surface area (Å²) in [6, 6.07) is 0. The lowest BCUT2D eigenvalue weighted by Gasteiger charge is -2.16. The Bertz CT molecular complexity index is 957. The van der Waals surface area contributed by atoms with E-state index in [1.54, 1.807) is 29.4 Å². The maximum atomic E-state index is 12.7. The summed E-state index contributed by atoms with van der Waals surface area (Å²) in [5.74, 6) is 1.54. The summed E-state index contributed by atoms with van der Waals surface area (Å²) in [6.45, 7) is 5.23. The van der Waals surface area contributed by atoms with Gasteiger partial charge in [0, 0.05) is 44.9 Å². The Labute approximate surface area is 157 Å². The lowest BCUT2D eigenvalue weighted by atomic mass is 9.98. The molecule has 3 aromatic rings. The first-order valence-electron chi connectivity index (χ1n) is 9.04. The third-order valence-electron chi connectivity index (χ3n) is 5.11. The van der Waals surface area contributed by atoms with E-state index in [1.165, 1.54) is 0 Å². The van der Waals surface area contributed by atoms with E-state index in [0.29, 0.717) is 18.3 Å². The highest BCUT2D eigenvalue weighted by Gasteiger charge is 2.30. The van der Waals surface area contributed by atoms with Crippen LogP contribution in [0.2, 0.25) is 0 Å². The molecule has 0 aromatic carbocycles.